The topological polar surface area (TPSA) is 29.3 Å². The van der Waals surface area contributed by atoms with E-state index >= 15 is 0 Å². The second kappa shape index (κ2) is 8.17. The van der Waals surface area contributed by atoms with Crippen molar-refractivity contribution < 1.29 is 4.39 Å². The maximum Gasteiger partial charge on any atom is 0.128 e. The average Bonchev–Trinajstić information content (AvgIpc) is 2.48. The highest BCUT2D eigenvalue weighted by molar-refractivity contribution is 5.37. The highest BCUT2D eigenvalue weighted by Crippen LogP contribution is 2.24. The SMILES string of the molecule is CN(Cc1ccc(C#CCN)cc1F)CC1CCCCC1. The predicted octanol–water partition coefficient (Wildman–Crippen LogP) is 3.15. The Labute approximate surface area is 127 Å². The summed E-state index contributed by atoms with van der Waals surface area (Å²) in [6, 6.07) is 5.22. The molecule has 21 heavy (non-hydrogen) atoms. The molecule has 1 aromatic rings. The molecule has 1 aromatic carbocycles. The Balaban J connectivity index is 1.92. The molecule has 0 heterocycles. The zero-order chi connectivity index (χ0) is 15.1. The van der Waals surface area contributed by atoms with Crippen molar-refractivity contribution in [3.8, 4) is 11.8 Å². The van der Waals surface area contributed by atoms with Crippen LogP contribution in [0.2, 0.25) is 0 Å². The van der Waals surface area contributed by atoms with Crippen LogP contribution < -0.4 is 5.73 Å². The van der Waals surface area contributed by atoms with Crippen molar-refractivity contribution in [3.05, 3.63) is 35.1 Å². The minimum Gasteiger partial charge on any atom is -0.320 e. The molecule has 0 spiro atoms. The first kappa shape index (κ1) is 16.0. The van der Waals surface area contributed by atoms with Gasteiger partial charge in [0.15, 0.2) is 0 Å². The molecule has 0 aliphatic heterocycles. The lowest BCUT2D eigenvalue weighted by atomic mass is 9.89. The van der Waals surface area contributed by atoms with E-state index in [4.69, 9.17) is 5.73 Å². The van der Waals surface area contributed by atoms with Crippen molar-refractivity contribution in [2.75, 3.05) is 20.1 Å². The van der Waals surface area contributed by atoms with Gasteiger partial charge in [-0.05, 0) is 37.9 Å². The van der Waals surface area contributed by atoms with Gasteiger partial charge in [0.25, 0.3) is 0 Å². The molecule has 114 valence electrons. The second-order valence-corrected chi connectivity index (χ2v) is 6.01. The van der Waals surface area contributed by atoms with Crippen molar-refractivity contribution in [2.45, 2.75) is 38.6 Å². The third kappa shape index (κ3) is 5.15. The molecule has 0 aromatic heterocycles. The first-order valence-electron chi connectivity index (χ1n) is 7.85. The van der Waals surface area contributed by atoms with Gasteiger partial charge in [0.1, 0.15) is 5.82 Å². The number of rotatable bonds is 4. The fraction of sp³-hybridized carbons (Fsp3) is 0.556. The van der Waals surface area contributed by atoms with Crippen LogP contribution in [0.25, 0.3) is 0 Å². The summed E-state index contributed by atoms with van der Waals surface area (Å²) in [5.41, 5.74) is 6.76. The monoisotopic (exact) mass is 288 g/mol. The van der Waals surface area contributed by atoms with E-state index in [1.807, 2.05) is 12.1 Å². The van der Waals surface area contributed by atoms with Gasteiger partial charge in [0, 0.05) is 24.2 Å². The molecule has 2 nitrogen and oxygen atoms in total. The van der Waals surface area contributed by atoms with Crippen molar-refractivity contribution in [1.82, 2.24) is 4.90 Å². The van der Waals surface area contributed by atoms with Crippen molar-refractivity contribution >= 4 is 0 Å². The van der Waals surface area contributed by atoms with Gasteiger partial charge in [0.05, 0.1) is 6.54 Å². The highest BCUT2D eigenvalue weighted by atomic mass is 19.1. The second-order valence-electron chi connectivity index (χ2n) is 6.01. The van der Waals surface area contributed by atoms with Crippen LogP contribution in [0.15, 0.2) is 18.2 Å². The minimum atomic E-state index is -0.172. The van der Waals surface area contributed by atoms with E-state index in [1.165, 1.54) is 38.2 Å². The van der Waals surface area contributed by atoms with Crippen LogP contribution in [-0.2, 0) is 6.54 Å². The molecule has 0 bridgehead atoms. The number of hydrogen-bond donors (Lipinski definition) is 1. The van der Waals surface area contributed by atoms with E-state index < -0.39 is 0 Å². The van der Waals surface area contributed by atoms with Gasteiger partial charge in [0.2, 0.25) is 0 Å². The summed E-state index contributed by atoms with van der Waals surface area (Å²) in [6.45, 7) is 2.02. The zero-order valence-corrected chi connectivity index (χ0v) is 12.9. The highest BCUT2D eigenvalue weighted by Gasteiger charge is 2.16. The van der Waals surface area contributed by atoms with E-state index in [-0.39, 0.29) is 5.82 Å². The van der Waals surface area contributed by atoms with Gasteiger partial charge in [-0.25, -0.2) is 4.39 Å². The van der Waals surface area contributed by atoms with Crippen LogP contribution in [0.1, 0.15) is 43.2 Å². The average molecular weight is 288 g/mol. The van der Waals surface area contributed by atoms with Gasteiger partial charge in [-0.1, -0.05) is 37.2 Å². The first-order valence-corrected chi connectivity index (χ1v) is 7.85. The smallest absolute Gasteiger partial charge is 0.128 e. The van der Waals surface area contributed by atoms with Crippen molar-refractivity contribution in [3.63, 3.8) is 0 Å². The summed E-state index contributed by atoms with van der Waals surface area (Å²) < 4.78 is 14.1. The molecule has 0 radical (unpaired) electrons. The Bertz CT molecular complexity index is 510. The van der Waals surface area contributed by atoms with E-state index in [2.05, 4.69) is 23.8 Å². The molecule has 0 atom stereocenters. The van der Waals surface area contributed by atoms with E-state index in [1.54, 1.807) is 0 Å². The summed E-state index contributed by atoms with van der Waals surface area (Å²) in [4.78, 5) is 2.24. The molecular weight excluding hydrogens is 263 g/mol. The van der Waals surface area contributed by atoms with Crippen LogP contribution in [0.5, 0.6) is 0 Å². The molecule has 2 rings (SSSR count). The Morgan fingerprint density at radius 2 is 2.05 bits per heavy atom. The number of nitrogens with zero attached hydrogens (tertiary/aromatic N) is 1. The normalized spacial score (nSPS) is 15.8. The molecule has 1 saturated carbocycles. The molecule has 0 unspecified atom stereocenters. The third-order valence-corrected chi connectivity index (χ3v) is 4.12. The number of hydrogen-bond acceptors (Lipinski definition) is 2. The van der Waals surface area contributed by atoms with Gasteiger partial charge < -0.3 is 10.6 Å². The summed E-state index contributed by atoms with van der Waals surface area (Å²) in [5, 5.41) is 0. The molecule has 3 heteroatoms. The minimum absolute atomic E-state index is 0.172. The molecule has 0 amide bonds. The fourth-order valence-corrected chi connectivity index (χ4v) is 3.07. The number of nitrogens with two attached hydrogens (primary N) is 1. The summed E-state index contributed by atoms with van der Waals surface area (Å²) in [5.74, 6) is 6.22. The number of halogens is 1. The van der Waals surface area contributed by atoms with Gasteiger partial charge in [-0.3, -0.25) is 0 Å². The lowest BCUT2D eigenvalue weighted by Gasteiger charge is -2.27. The molecule has 0 saturated heterocycles. The molecule has 1 fully saturated rings. The molecule has 2 N–H and O–H groups in total. The maximum absolute atomic E-state index is 14.1. The predicted molar refractivity (Wildman–Crippen MR) is 85.2 cm³/mol. The standard InChI is InChI=1S/C18H25FN2/c1-21(13-16-6-3-2-4-7-16)14-17-10-9-15(8-5-11-20)12-18(17)19/h9-10,12,16H,2-4,6-7,11,13-14,20H2,1H3. The van der Waals surface area contributed by atoms with Crippen LogP contribution >= 0.6 is 0 Å². The van der Waals surface area contributed by atoms with Crippen molar-refractivity contribution in [2.24, 2.45) is 11.7 Å². The Morgan fingerprint density at radius 1 is 1.29 bits per heavy atom. The Kier molecular flexibility index (Phi) is 6.22. The van der Waals surface area contributed by atoms with Gasteiger partial charge in [-0.2, -0.15) is 0 Å². The molecule has 1 aliphatic rings. The van der Waals surface area contributed by atoms with Crippen LogP contribution in [0.4, 0.5) is 4.39 Å². The summed E-state index contributed by atoms with van der Waals surface area (Å²) >= 11 is 0. The van der Waals surface area contributed by atoms with Crippen LogP contribution in [0, 0.1) is 23.6 Å². The summed E-state index contributed by atoms with van der Waals surface area (Å²) in [6.07, 6.45) is 6.71. The van der Waals surface area contributed by atoms with Crippen LogP contribution in [-0.4, -0.2) is 25.0 Å². The van der Waals surface area contributed by atoms with Crippen LogP contribution in [0.3, 0.4) is 0 Å². The van der Waals surface area contributed by atoms with Crippen molar-refractivity contribution in [1.29, 1.82) is 0 Å². The quantitative estimate of drug-likeness (QED) is 0.862. The van der Waals surface area contributed by atoms with E-state index in [0.29, 0.717) is 18.7 Å². The third-order valence-electron chi connectivity index (χ3n) is 4.12. The van der Waals surface area contributed by atoms with E-state index in [9.17, 15) is 4.39 Å². The lowest BCUT2D eigenvalue weighted by Crippen LogP contribution is -2.27. The van der Waals surface area contributed by atoms with E-state index in [0.717, 1.165) is 18.0 Å². The summed E-state index contributed by atoms with van der Waals surface area (Å²) in [7, 11) is 2.08. The molecule has 1 aliphatic carbocycles. The van der Waals surface area contributed by atoms with Gasteiger partial charge in [-0.15, -0.1) is 0 Å². The fourth-order valence-electron chi connectivity index (χ4n) is 3.07. The Hall–Kier alpha value is -1.37. The lowest BCUT2D eigenvalue weighted by molar-refractivity contribution is 0.226. The first-order chi connectivity index (χ1) is 10.2. The zero-order valence-electron chi connectivity index (χ0n) is 12.9. The Morgan fingerprint density at radius 3 is 2.71 bits per heavy atom. The van der Waals surface area contributed by atoms with Gasteiger partial charge >= 0.3 is 0 Å². The number of benzene rings is 1. The maximum atomic E-state index is 14.1. The largest absolute Gasteiger partial charge is 0.320 e. The molecular formula is C18H25FN2.